The molecule has 0 saturated heterocycles. The van der Waals surface area contributed by atoms with E-state index in [9.17, 15) is 13.5 Å². The highest BCUT2D eigenvalue weighted by molar-refractivity contribution is 7.89. The summed E-state index contributed by atoms with van der Waals surface area (Å²) >= 11 is 0. The van der Waals surface area contributed by atoms with Crippen LogP contribution in [-0.4, -0.2) is 36.8 Å². The molecule has 2 aliphatic carbocycles. The summed E-state index contributed by atoms with van der Waals surface area (Å²) < 4.78 is 34.8. The highest BCUT2D eigenvalue weighted by atomic mass is 32.2. The molecule has 0 spiro atoms. The molecule has 0 bridgehead atoms. The van der Waals surface area contributed by atoms with E-state index in [0.717, 1.165) is 25.7 Å². The third-order valence-electron chi connectivity index (χ3n) is 4.14. The Morgan fingerprint density at radius 3 is 2.71 bits per heavy atom. The SMILES string of the molecule is CCOC1CC(NS(=O)(=O)c2cc(CO)n(C3CC3)c2)C1. The van der Waals surface area contributed by atoms with Crippen molar-refractivity contribution in [2.45, 2.75) is 62.3 Å². The monoisotopic (exact) mass is 314 g/mol. The first-order valence-corrected chi connectivity index (χ1v) is 8.97. The van der Waals surface area contributed by atoms with Crippen LogP contribution in [-0.2, 0) is 21.4 Å². The number of hydrogen-bond donors (Lipinski definition) is 2. The molecule has 2 aliphatic rings. The van der Waals surface area contributed by atoms with E-state index in [0.29, 0.717) is 18.3 Å². The Balaban J connectivity index is 1.68. The first-order valence-electron chi connectivity index (χ1n) is 7.49. The van der Waals surface area contributed by atoms with Crippen molar-refractivity contribution in [3.8, 4) is 0 Å². The lowest BCUT2D eigenvalue weighted by molar-refractivity contribution is -0.00475. The molecule has 2 saturated carbocycles. The number of nitrogens with one attached hydrogen (secondary N) is 1. The van der Waals surface area contributed by atoms with Gasteiger partial charge in [0.05, 0.1) is 17.6 Å². The normalized spacial score (nSPS) is 25.8. The zero-order valence-electron chi connectivity index (χ0n) is 12.2. The number of hydrogen-bond acceptors (Lipinski definition) is 4. The summed E-state index contributed by atoms with van der Waals surface area (Å²) in [5, 5.41) is 9.35. The molecule has 118 valence electrons. The third-order valence-corrected chi connectivity index (χ3v) is 5.63. The Hall–Kier alpha value is -0.890. The number of rotatable bonds is 7. The van der Waals surface area contributed by atoms with Gasteiger partial charge in [-0.05, 0) is 38.7 Å². The van der Waals surface area contributed by atoms with Gasteiger partial charge < -0.3 is 14.4 Å². The van der Waals surface area contributed by atoms with E-state index < -0.39 is 10.0 Å². The Morgan fingerprint density at radius 1 is 1.43 bits per heavy atom. The van der Waals surface area contributed by atoms with Crippen LogP contribution in [0.25, 0.3) is 0 Å². The molecule has 1 aromatic heterocycles. The van der Waals surface area contributed by atoms with Crippen LogP contribution in [0.3, 0.4) is 0 Å². The van der Waals surface area contributed by atoms with Gasteiger partial charge in [-0.1, -0.05) is 0 Å². The van der Waals surface area contributed by atoms with Gasteiger partial charge in [-0.25, -0.2) is 13.1 Å². The summed E-state index contributed by atoms with van der Waals surface area (Å²) in [5.74, 6) is 0. The molecule has 1 aromatic rings. The Morgan fingerprint density at radius 2 is 2.14 bits per heavy atom. The number of nitrogens with zero attached hydrogens (tertiary/aromatic N) is 1. The first-order chi connectivity index (χ1) is 10.0. The molecule has 0 aliphatic heterocycles. The van der Waals surface area contributed by atoms with E-state index >= 15 is 0 Å². The van der Waals surface area contributed by atoms with E-state index in [1.54, 1.807) is 12.3 Å². The molecule has 1 heterocycles. The fraction of sp³-hybridized carbons (Fsp3) is 0.714. The van der Waals surface area contributed by atoms with Gasteiger partial charge >= 0.3 is 0 Å². The van der Waals surface area contributed by atoms with Gasteiger partial charge in [0.1, 0.15) is 0 Å². The van der Waals surface area contributed by atoms with Crippen molar-refractivity contribution in [3.05, 3.63) is 18.0 Å². The highest BCUT2D eigenvalue weighted by Crippen LogP contribution is 2.37. The van der Waals surface area contributed by atoms with Gasteiger partial charge in [-0.2, -0.15) is 0 Å². The maximum absolute atomic E-state index is 12.4. The van der Waals surface area contributed by atoms with E-state index in [1.165, 1.54) is 0 Å². The van der Waals surface area contributed by atoms with Crippen molar-refractivity contribution >= 4 is 10.0 Å². The van der Waals surface area contributed by atoms with Crippen LogP contribution in [0, 0.1) is 0 Å². The van der Waals surface area contributed by atoms with Crippen LogP contribution < -0.4 is 4.72 Å². The Labute approximate surface area is 125 Å². The molecule has 21 heavy (non-hydrogen) atoms. The standard InChI is InChI=1S/C14H22N2O4S/c1-2-20-13-5-10(6-13)15-21(18,19)14-7-12(9-17)16(8-14)11-3-4-11/h7-8,10-11,13,15,17H,2-6,9H2,1H3. The van der Waals surface area contributed by atoms with Gasteiger partial charge in [-0.15, -0.1) is 0 Å². The van der Waals surface area contributed by atoms with E-state index in [2.05, 4.69) is 4.72 Å². The second-order valence-electron chi connectivity index (χ2n) is 5.83. The largest absolute Gasteiger partial charge is 0.390 e. The molecular formula is C14H22N2O4S. The smallest absolute Gasteiger partial charge is 0.242 e. The fourth-order valence-electron chi connectivity index (χ4n) is 2.78. The number of aromatic nitrogens is 1. The predicted octanol–water partition coefficient (Wildman–Crippen LogP) is 1.16. The molecule has 0 aromatic carbocycles. The number of aliphatic hydroxyl groups is 1. The lowest BCUT2D eigenvalue weighted by Crippen LogP contribution is -2.47. The highest BCUT2D eigenvalue weighted by Gasteiger charge is 2.34. The zero-order chi connectivity index (χ0) is 15.0. The van der Waals surface area contributed by atoms with Crippen LogP contribution in [0.15, 0.2) is 17.2 Å². The van der Waals surface area contributed by atoms with Crippen molar-refractivity contribution in [3.63, 3.8) is 0 Å². The van der Waals surface area contributed by atoms with Gasteiger partial charge in [0, 0.05) is 30.6 Å². The second-order valence-corrected chi connectivity index (χ2v) is 7.54. The minimum atomic E-state index is -3.51. The Kier molecular flexibility index (Phi) is 4.09. The number of aliphatic hydroxyl groups excluding tert-OH is 1. The molecule has 2 fully saturated rings. The summed E-state index contributed by atoms with van der Waals surface area (Å²) in [5.41, 5.74) is 0.665. The topological polar surface area (TPSA) is 80.6 Å². The molecule has 7 heteroatoms. The molecule has 2 N–H and O–H groups in total. The number of ether oxygens (including phenoxy) is 1. The van der Waals surface area contributed by atoms with Crippen molar-refractivity contribution in [1.82, 2.24) is 9.29 Å². The van der Waals surface area contributed by atoms with Crippen LogP contribution in [0.5, 0.6) is 0 Å². The summed E-state index contributed by atoms with van der Waals surface area (Å²) in [4.78, 5) is 0.248. The van der Waals surface area contributed by atoms with Gasteiger partial charge in [0.2, 0.25) is 10.0 Å². The zero-order valence-corrected chi connectivity index (χ0v) is 13.0. The summed E-state index contributed by atoms with van der Waals surface area (Å²) in [6.07, 6.45) is 5.36. The van der Waals surface area contributed by atoms with Gasteiger partial charge in [0.15, 0.2) is 0 Å². The maximum Gasteiger partial charge on any atom is 0.242 e. The lowest BCUT2D eigenvalue weighted by atomic mass is 9.90. The minimum Gasteiger partial charge on any atom is -0.390 e. The summed E-state index contributed by atoms with van der Waals surface area (Å²) in [6, 6.07) is 1.87. The molecule has 0 amide bonds. The van der Waals surface area contributed by atoms with Crippen LogP contribution in [0.2, 0.25) is 0 Å². The van der Waals surface area contributed by atoms with Crippen molar-refractivity contribution in [2.75, 3.05) is 6.61 Å². The molecule has 0 atom stereocenters. The maximum atomic E-state index is 12.4. The van der Waals surface area contributed by atoms with Crippen LogP contribution in [0.1, 0.15) is 44.3 Å². The van der Waals surface area contributed by atoms with Crippen molar-refractivity contribution in [1.29, 1.82) is 0 Å². The summed E-state index contributed by atoms with van der Waals surface area (Å²) in [7, 11) is -3.51. The van der Waals surface area contributed by atoms with Gasteiger partial charge in [0.25, 0.3) is 0 Å². The van der Waals surface area contributed by atoms with E-state index in [1.807, 2.05) is 11.5 Å². The molecule has 0 radical (unpaired) electrons. The molecule has 3 rings (SSSR count). The van der Waals surface area contributed by atoms with Gasteiger partial charge in [-0.3, -0.25) is 0 Å². The second kappa shape index (κ2) is 5.72. The lowest BCUT2D eigenvalue weighted by Gasteiger charge is -2.34. The summed E-state index contributed by atoms with van der Waals surface area (Å²) in [6.45, 7) is 2.46. The Bertz CT molecular complexity index is 600. The number of sulfonamides is 1. The molecule has 0 unspecified atom stereocenters. The van der Waals surface area contributed by atoms with E-state index in [-0.39, 0.29) is 23.6 Å². The van der Waals surface area contributed by atoms with E-state index in [4.69, 9.17) is 4.74 Å². The third kappa shape index (κ3) is 3.15. The average Bonchev–Trinajstić information content (AvgIpc) is 3.15. The van der Waals surface area contributed by atoms with Crippen LogP contribution >= 0.6 is 0 Å². The fourth-order valence-corrected chi connectivity index (χ4v) is 4.09. The van der Waals surface area contributed by atoms with Crippen LogP contribution in [0.4, 0.5) is 0 Å². The first kappa shape index (κ1) is 15.0. The van der Waals surface area contributed by atoms with Crippen molar-refractivity contribution in [2.24, 2.45) is 0 Å². The quantitative estimate of drug-likeness (QED) is 0.791. The average molecular weight is 314 g/mol. The molecule has 6 nitrogen and oxygen atoms in total. The predicted molar refractivity (Wildman–Crippen MR) is 77.4 cm³/mol. The molecular weight excluding hydrogens is 292 g/mol. The van der Waals surface area contributed by atoms with Crippen molar-refractivity contribution < 1.29 is 18.3 Å². The minimum absolute atomic E-state index is 0.0478.